The molecule has 1 N–H and O–H groups in total. The van der Waals surface area contributed by atoms with E-state index in [1.807, 2.05) is 0 Å². The number of hydrogen-bond donors (Lipinski definition) is 1. The van der Waals surface area contributed by atoms with Gasteiger partial charge in [-0.05, 0) is 63.8 Å². The molecule has 0 saturated heterocycles. The van der Waals surface area contributed by atoms with Gasteiger partial charge in [0, 0.05) is 12.6 Å². The molecule has 2 nitrogen and oxygen atoms in total. The van der Waals surface area contributed by atoms with Crippen molar-refractivity contribution < 1.29 is 5.11 Å². The van der Waals surface area contributed by atoms with Gasteiger partial charge in [-0.2, -0.15) is 0 Å². The van der Waals surface area contributed by atoms with Gasteiger partial charge in [0.05, 0.1) is 6.10 Å². The average molecular weight is 239 g/mol. The molecule has 0 aromatic heterocycles. The zero-order valence-corrected chi connectivity index (χ0v) is 11.7. The van der Waals surface area contributed by atoms with Crippen LogP contribution in [-0.2, 0) is 0 Å². The van der Waals surface area contributed by atoms with E-state index in [1.54, 1.807) is 0 Å². The molecule has 0 amide bonds. The lowest BCUT2D eigenvalue weighted by atomic mass is 9.78. The minimum absolute atomic E-state index is 0.0494. The lowest BCUT2D eigenvalue weighted by Gasteiger charge is -2.37. The van der Waals surface area contributed by atoms with Crippen molar-refractivity contribution in [2.45, 2.75) is 64.5 Å². The van der Waals surface area contributed by atoms with Crippen LogP contribution in [-0.4, -0.2) is 35.7 Å². The summed E-state index contributed by atoms with van der Waals surface area (Å²) in [7, 11) is 2.24. The third-order valence-electron chi connectivity index (χ3n) is 5.15. The maximum atomic E-state index is 10.1. The standard InChI is InChI=1S/C15H29NO/c1-4-12-5-8-15(17)14(9-12)10-16(3)11(2)13-6-7-13/h11-15,17H,4-10H2,1-3H3. The van der Waals surface area contributed by atoms with Crippen LogP contribution >= 0.6 is 0 Å². The molecule has 100 valence electrons. The van der Waals surface area contributed by atoms with Crippen molar-refractivity contribution in [3.05, 3.63) is 0 Å². The van der Waals surface area contributed by atoms with Crippen molar-refractivity contribution in [2.75, 3.05) is 13.6 Å². The second-order valence-electron chi connectivity index (χ2n) is 6.43. The second-order valence-corrected chi connectivity index (χ2v) is 6.43. The summed E-state index contributed by atoms with van der Waals surface area (Å²) >= 11 is 0. The zero-order chi connectivity index (χ0) is 12.4. The molecule has 0 aromatic carbocycles. The van der Waals surface area contributed by atoms with Crippen LogP contribution in [0.25, 0.3) is 0 Å². The molecule has 4 atom stereocenters. The third kappa shape index (κ3) is 3.45. The largest absolute Gasteiger partial charge is 0.393 e. The monoisotopic (exact) mass is 239 g/mol. The van der Waals surface area contributed by atoms with E-state index in [-0.39, 0.29) is 6.10 Å². The van der Waals surface area contributed by atoms with Gasteiger partial charge >= 0.3 is 0 Å². The number of aliphatic hydroxyl groups is 1. The SMILES string of the molecule is CCC1CCC(O)C(CN(C)C(C)C2CC2)C1. The Bertz CT molecular complexity index is 239. The van der Waals surface area contributed by atoms with E-state index in [9.17, 15) is 5.11 Å². The molecule has 0 aliphatic heterocycles. The quantitative estimate of drug-likeness (QED) is 0.797. The fourth-order valence-corrected chi connectivity index (χ4v) is 3.39. The van der Waals surface area contributed by atoms with E-state index in [4.69, 9.17) is 0 Å². The molecule has 2 fully saturated rings. The normalized spacial score (nSPS) is 36.2. The molecule has 0 heterocycles. The van der Waals surface area contributed by atoms with Gasteiger partial charge in [0.2, 0.25) is 0 Å². The van der Waals surface area contributed by atoms with Crippen molar-refractivity contribution in [3.63, 3.8) is 0 Å². The number of aliphatic hydroxyl groups excluding tert-OH is 1. The summed E-state index contributed by atoms with van der Waals surface area (Å²) < 4.78 is 0. The molecule has 2 heteroatoms. The van der Waals surface area contributed by atoms with Crippen molar-refractivity contribution in [2.24, 2.45) is 17.8 Å². The lowest BCUT2D eigenvalue weighted by molar-refractivity contribution is 0.0237. The van der Waals surface area contributed by atoms with Gasteiger partial charge in [-0.1, -0.05) is 13.3 Å². The van der Waals surface area contributed by atoms with Crippen LogP contribution in [0.2, 0.25) is 0 Å². The van der Waals surface area contributed by atoms with Crippen LogP contribution in [0.1, 0.15) is 52.4 Å². The molecule has 4 unspecified atom stereocenters. The average Bonchev–Trinajstić information content (AvgIpc) is 3.15. The highest BCUT2D eigenvalue weighted by Gasteiger charge is 2.34. The molecule has 2 aliphatic carbocycles. The fraction of sp³-hybridized carbons (Fsp3) is 1.00. The maximum Gasteiger partial charge on any atom is 0.0580 e. The first-order valence-corrected chi connectivity index (χ1v) is 7.50. The molecule has 0 aromatic rings. The molecular formula is C15H29NO. The topological polar surface area (TPSA) is 23.5 Å². The van der Waals surface area contributed by atoms with Crippen LogP contribution in [0.15, 0.2) is 0 Å². The van der Waals surface area contributed by atoms with Crippen LogP contribution in [0.3, 0.4) is 0 Å². The Labute approximate surface area is 106 Å². The van der Waals surface area contributed by atoms with Crippen LogP contribution < -0.4 is 0 Å². The molecule has 0 radical (unpaired) electrons. The second kappa shape index (κ2) is 5.71. The smallest absolute Gasteiger partial charge is 0.0580 e. The summed E-state index contributed by atoms with van der Waals surface area (Å²) in [6.45, 7) is 5.73. The molecule has 2 rings (SSSR count). The van der Waals surface area contributed by atoms with E-state index in [0.29, 0.717) is 12.0 Å². The first-order chi connectivity index (χ1) is 8.11. The first kappa shape index (κ1) is 13.4. The van der Waals surface area contributed by atoms with Gasteiger partial charge in [-0.15, -0.1) is 0 Å². The predicted octanol–water partition coefficient (Wildman–Crippen LogP) is 2.90. The highest BCUT2D eigenvalue weighted by molar-refractivity contribution is 4.87. The maximum absolute atomic E-state index is 10.1. The van der Waals surface area contributed by atoms with E-state index >= 15 is 0 Å². The van der Waals surface area contributed by atoms with Crippen LogP contribution in [0, 0.1) is 17.8 Å². The molecule has 2 saturated carbocycles. The summed E-state index contributed by atoms with van der Waals surface area (Å²) in [5, 5.41) is 10.1. The molecule has 0 bridgehead atoms. The Balaban J connectivity index is 1.82. The van der Waals surface area contributed by atoms with Crippen LogP contribution in [0.4, 0.5) is 0 Å². The Hall–Kier alpha value is -0.0800. The summed E-state index contributed by atoms with van der Waals surface area (Å²) in [6, 6.07) is 0.712. The van der Waals surface area contributed by atoms with Crippen molar-refractivity contribution in [1.82, 2.24) is 4.90 Å². The lowest BCUT2D eigenvalue weighted by Crippen LogP contribution is -2.41. The first-order valence-electron chi connectivity index (χ1n) is 7.50. The van der Waals surface area contributed by atoms with Gasteiger partial charge in [0.1, 0.15) is 0 Å². The summed E-state index contributed by atoms with van der Waals surface area (Å²) in [5.74, 6) is 2.30. The van der Waals surface area contributed by atoms with E-state index in [0.717, 1.165) is 24.8 Å². The van der Waals surface area contributed by atoms with Crippen LogP contribution in [0.5, 0.6) is 0 Å². The zero-order valence-electron chi connectivity index (χ0n) is 11.7. The number of rotatable bonds is 5. The van der Waals surface area contributed by atoms with Gasteiger partial charge in [-0.25, -0.2) is 0 Å². The summed E-state index contributed by atoms with van der Waals surface area (Å²) in [4.78, 5) is 2.49. The van der Waals surface area contributed by atoms with Crippen molar-refractivity contribution >= 4 is 0 Å². The predicted molar refractivity (Wildman–Crippen MR) is 71.9 cm³/mol. The molecule has 2 aliphatic rings. The van der Waals surface area contributed by atoms with Gasteiger partial charge in [0.15, 0.2) is 0 Å². The minimum Gasteiger partial charge on any atom is -0.393 e. The Morgan fingerprint density at radius 1 is 1.24 bits per heavy atom. The number of hydrogen-bond acceptors (Lipinski definition) is 2. The van der Waals surface area contributed by atoms with E-state index in [1.165, 1.54) is 32.1 Å². The minimum atomic E-state index is -0.0494. The number of nitrogens with zero attached hydrogens (tertiary/aromatic N) is 1. The Morgan fingerprint density at radius 2 is 1.94 bits per heavy atom. The highest BCUT2D eigenvalue weighted by atomic mass is 16.3. The Kier molecular flexibility index (Phi) is 4.48. The third-order valence-corrected chi connectivity index (χ3v) is 5.15. The molecule has 17 heavy (non-hydrogen) atoms. The van der Waals surface area contributed by atoms with Gasteiger partial charge < -0.3 is 10.0 Å². The van der Waals surface area contributed by atoms with Gasteiger partial charge in [-0.3, -0.25) is 0 Å². The highest BCUT2D eigenvalue weighted by Crippen LogP contribution is 2.36. The van der Waals surface area contributed by atoms with E-state index in [2.05, 4.69) is 25.8 Å². The Morgan fingerprint density at radius 3 is 2.53 bits per heavy atom. The van der Waals surface area contributed by atoms with Crippen molar-refractivity contribution in [1.29, 1.82) is 0 Å². The van der Waals surface area contributed by atoms with Gasteiger partial charge in [0.25, 0.3) is 0 Å². The molecular weight excluding hydrogens is 210 g/mol. The van der Waals surface area contributed by atoms with E-state index < -0.39 is 0 Å². The molecule has 0 spiro atoms. The fourth-order valence-electron chi connectivity index (χ4n) is 3.39. The summed E-state index contributed by atoms with van der Waals surface area (Å²) in [6.07, 6.45) is 7.55. The summed E-state index contributed by atoms with van der Waals surface area (Å²) in [5.41, 5.74) is 0. The van der Waals surface area contributed by atoms with Crippen molar-refractivity contribution in [3.8, 4) is 0 Å².